The van der Waals surface area contributed by atoms with E-state index in [1.165, 1.54) is 0 Å². The molecule has 88 valence electrons. The zero-order chi connectivity index (χ0) is 11.4. The Morgan fingerprint density at radius 2 is 2.56 bits per heavy atom. The van der Waals surface area contributed by atoms with Crippen molar-refractivity contribution < 1.29 is 4.74 Å². The van der Waals surface area contributed by atoms with Gasteiger partial charge in [-0.25, -0.2) is 9.97 Å². The van der Waals surface area contributed by atoms with Gasteiger partial charge in [-0.2, -0.15) is 0 Å². The van der Waals surface area contributed by atoms with Gasteiger partial charge in [0.05, 0.1) is 16.3 Å². The van der Waals surface area contributed by atoms with E-state index in [0.717, 1.165) is 35.6 Å². The highest BCUT2D eigenvalue weighted by atomic mass is 127. The number of nitrogens with zero attached hydrogens (tertiary/aromatic N) is 3. The molecular weight excluding hydrogens is 319 g/mol. The number of rotatable bonds is 3. The van der Waals surface area contributed by atoms with Crippen LogP contribution in [0.5, 0.6) is 0 Å². The molecule has 16 heavy (non-hydrogen) atoms. The van der Waals surface area contributed by atoms with E-state index in [2.05, 4.69) is 42.8 Å². The summed E-state index contributed by atoms with van der Waals surface area (Å²) in [6, 6.07) is 0. The maximum Gasteiger partial charge on any atom is 0.145 e. The van der Waals surface area contributed by atoms with Crippen molar-refractivity contribution in [3.05, 3.63) is 16.1 Å². The second-order valence-electron chi connectivity index (χ2n) is 3.77. The van der Waals surface area contributed by atoms with Crippen LogP contribution in [0, 0.1) is 3.57 Å². The van der Waals surface area contributed by atoms with Gasteiger partial charge in [0.1, 0.15) is 12.1 Å². The molecule has 0 saturated carbocycles. The molecule has 1 fully saturated rings. The molecule has 1 unspecified atom stereocenters. The molecule has 6 heteroatoms. The number of ether oxygens (including phenoxy) is 1. The van der Waals surface area contributed by atoms with Gasteiger partial charge in [0.15, 0.2) is 0 Å². The number of morpholine rings is 1. The predicted octanol–water partition coefficient (Wildman–Crippen LogP) is 0.506. The molecule has 1 aromatic heterocycles. The third-order valence-corrected chi connectivity index (χ3v) is 3.25. The van der Waals surface area contributed by atoms with Gasteiger partial charge < -0.3 is 15.0 Å². The fourth-order valence-corrected chi connectivity index (χ4v) is 2.43. The minimum atomic E-state index is 0.240. The Bertz CT molecular complexity index is 343. The molecule has 0 aromatic carbocycles. The number of halogens is 1. The molecule has 1 aliphatic rings. The van der Waals surface area contributed by atoms with Gasteiger partial charge in [0, 0.05) is 32.9 Å². The van der Waals surface area contributed by atoms with Crippen molar-refractivity contribution in [2.45, 2.75) is 6.10 Å². The van der Waals surface area contributed by atoms with E-state index in [0.29, 0.717) is 0 Å². The van der Waals surface area contributed by atoms with Crippen LogP contribution in [-0.2, 0) is 4.74 Å². The molecule has 2 rings (SSSR count). The van der Waals surface area contributed by atoms with Gasteiger partial charge in [-0.05, 0) is 22.6 Å². The molecule has 1 aliphatic heterocycles. The standard InChI is InChI=1S/C10H15IN4O/c1-15(6-8-4-12-2-3-16-8)10-9(11)5-13-7-14-10/h5,7-8,12H,2-4,6H2,1H3. The smallest absolute Gasteiger partial charge is 0.145 e. The van der Waals surface area contributed by atoms with Crippen LogP contribution in [0.15, 0.2) is 12.5 Å². The first-order chi connectivity index (χ1) is 7.77. The van der Waals surface area contributed by atoms with Crippen molar-refractivity contribution in [1.82, 2.24) is 15.3 Å². The van der Waals surface area contributed by atoms with Gasteiger partial charge in [0.25, 0.3) is 0 Å². The second kappa shape index (κ2) is 5.74. The maximum absolute atomic E-state index is 5.66. The first-order valence-electron chi connectivity index (χ1n) is 5.26. The number of anilines is 1. The van der Waals surface area contributed by atoms with Crippen molar-refractivity contribution in [2.24, 2.45) is 0 Å². The average Bonchev–Trinajstić information content (AvgIpc) is 2.31. The Morgan fingerprint density at radius 3 is 3.25 bits per heavy atom. The number of nitrogens with one attached hydrogen (secondary N) is 1. The maximum atomic E-state index is 5.66. The molecule has 2 heterocycles. The Balaban J connectivity index is 1.96. The normalized spacial score (nSPS) is 20.8. The molecule has 1 N–H and O–H groups in total. The van der Waals surface area contributed by atoms with E-state index in [9.17, 15) is 0 Å². The van der Waals surface area contributed by atoms with E-state index in [1.54, 1.807) is 6.33 Å². The zero-order valence-corrected chi connectivity index (χ0v) is 11.3. The van der Waals surface area contributed by atoms with Crippen LogP contribution in [0.3, 0.4) is 0 Å². The van der Waals surface area contributed by atoms with Gasteiger partial charge >= 0.3 is 0 Å². The highest BCUT2D eigenvalue weighted by molar-refractivity contribution is 14.1. The van der Waals surface area contributed by atoms with E-state index >= 15 is 0 Å². The Labute approximate surface area is 109 Å². The molecule has 0 spiro atoms. The van der Waals surface area contributed by atoms with Gasteiger partial charge in [-0.15, -0.1) is 0 Å². The minimum absolute atomic E-state index is 0.240. The topological polar surface area (TPSA) is 50.3 Å². The molecule has 0 bridgehead atoms. The summed E-state index contributed by atoms with van der Waals surface area (Å²) in [5.74, 6) is 0.963. The molecule has 0 aliphatic carbocycles. The third-order valence-electron chi connectivity index (χ3n) is 2.49. The lowest BCUT2D eigenvalue weighted by Crippen LogP contribution is -2.44. The van der Waals surface area contributed by atoms with Crippen LogP contribution in [-0.4, -0.2) is 49.4 Å². The number of hydrogen-bond acceptors (Lipinski definition) is 5. The van der Waals surface area contributed by atoms with Gasteiger partial charge in [-0.1, -0.05) is 0 Å². The lowest BCUT2D eigenvalue weighted by Gasteiger charge is -2.28. The highest BCUT2D eigenvalue weighted by Gasteiger charge is 2.17. The quantitative estimate of drug-likeness (QED) is 0.817. The fourth-order valence-electron chi connectivity index (χ4n) is 1.72. The molecular formula is C10H15IN4O. The lowest BCUT2D eigenvalue weighted by molar-refractivity contribution is 0.0339. The van der Waals surface area contributed by atoms with Crippen molar-refractivity contribution in [3.63, 3.8) is 0 Å². The summed E-state index contributed by atoms with van der Waals surface area (Å²) >= 11 is 2.25. The summed E-state index contributed by atoms with van der Waals surface area (Å²) in [4.78, 5) is 10.4. The summed E-state index contributed by atoms with van der Waals surface area (Å²) in [6.45, 7) is 3.50. The predicted molar refractivity (Wildman–Crippen MR) is 70.6 cm³/mol. The molecule has 1 atom stereocenters. The van der Waals surface area contributed by atoms with Crippen LogP contribution in [0.25, 0.3) is 0 Å². The van der Waals surface area contributed by atoms with E-state index in [-0.39, 0.29) is 6.10 Å². The SMILES string of the molecule is CN(CC1CNCCO1)c1ncncc1I. The zero-order valence-electron chi connectivity index (χ0n) is 9.19. The van der Waals surface area contributed by atoms with E-state index < -0.39 is 0 Å². The first kappa shape index (κ1) is 12.0. The van der Waals surface area contributed by atoms with Crippen molar-refractivity contribution in [3.8, 4) is 0 Å². The van der Waals surface area contributed by atoms with Gasteiger partial charge in [0.2, 0.25) is 0 Å². The summed E-state index contributed by atoms with van der Waals surface area (Å²) in [5, 5.41) is 3.32. The van der Waals surface area contributed by atoms with Crippen LogP contribution in [0.1, 0.15) is 0 Å². The molecule has 5 nitrogen and oxygen atoms in total. The lowest BCUT2D eigenvalue weighted by atomic mass is 10.3. The van der Waals surface area contributed by atoms with Crippen LogP contribution < -0.4 is 10.2 Å². The Kier molecular flexibility index (Phi) is 4.30. The minimum Gasteiger partial charge on any atom is -0.374 e. The third kappa shape index (κ3) is 3.02. The Morgan fingerprint density at radius 1 is 1.69 bits per heavy atom. The molecule has 0 radical (unpaired) electrons. The second-order valence-corrected chi connectivity index (χ2v) is 4.93. The highest BCUT2D eigenvalue weighted by Crippen LogP contribution is 2.17. The number of hydrogen-bond donors (Lipinski definition) is 1. The average molecular weight is 334 g/mol. The summed E-state index contributed by atoms with van der Waals surface area (Å²) in [7, 11) is 2.03. The van der Waals surface area contributed by atoms with Crippen molar-refractivity contribution >= 4 is 28.4 Å². The Hall–Kier alpha value is -0.470. The number of likely N-dealkylation sites (N-methyl/N-ethyl adjacent to an activating group) is 1. The molecule has 0 amide bonds. The van der Waals surface area contributed by atoms with Crippen LogP contribution in [0.4, 0.5) is 5.82 Å². The number of aromatic nitrogens is 2. The van der Waals surface area contributed by atoms with E-state index in [4.69, 9.17) is 4.74 Å². The monoisotopic (exact) mass is 334 g/mol. The van der Waals surface area contributed by atoms with Crippen molar-refractivity contribution in [1.29, 1.82) is 0 Å². The molecule has 1 saturated heterocycles. The van der Waals surface area contributed by atoms with Crippen LogP contribution >= 0.6 is 22.6 Å². The summed E-state index contributed by atoms with van der Waals surface area (Å²) in [5.41, 5.74) is 0. The summed E-state index contributed by atoms with van der Waals surface area (Å²) < 4.78 is 6.72. The summed E-state index contributed by atoms with van der Waals surface area (Å²) in [6.07, 6.45) is 3.64. The first-order valence-corrected chi connectivity index (χ1v) is 6.34. The van der Waals surface area contributed by atoms with Crippen LogP contribution in [0.2, 0.25) is 0 Å². The van der Waals surface area contributed by atoms with Gasteiger partial charge in [-0.3, -0.25) is 0 Å². The fraction of sp³-hybridized carbons (Fsp3) is 0.600. The molecule has 1 aromatic rings. The van der Waals surface area contributed by atoms with Crippen molar-refractivity contribution in [2.75, 3.05) is 38.2 Å². The van der Waals surface area contributed by atoms with E-state index in [1.807, 2.05) is 13.2 Å². The largest absolute Gasteiger partial charge is 0.374 e.